The minimum absolute atomic E-state index is 0.108. The third-order valence-electron chi connectivity index (χ3n) is 5.37. The minimum Gasteiger partial charge on any atom is -0.321 e. The first-order valence-electron chi connectivity index (χ1n) is 10.3. The fourth-order valence-electron chi connectivity index (χ4n) is 3.50. The molecular formula is C25H23N3O3S. The lowest BCUT2D eigenvalue weighted by atomic mass is 10.0. The molecule has 0 saturated heterocycles. The number of aryl methyl sites for hydroxylation is 1. The molecule has 2 aromatic heterocycles. The lowest BCUT2D eigenvalue weighted by molar-refractivity contribution is 0.0969. The number of ketones is 1. The van der Waals surface area contributed by atoms with E-state index >= 15 is 0 Å². The molecule has 0 radical (unpaired) electrons. The first-order chi connectivity index (χ1) is 15.3. The quantitative estimate of drug-likeness (QED) is 0.422. The number of hydrogen-bond donors (Lipinski definition) is 1. The van der Waals surface area contributed by atoms with Gasteiger partial charge in [-0.05, 0) is 36.1 Å². The molecule has 2 aromatic carbocycles. The summed E-state index contributed by atoms with van der Waals surface area (Å²) >= 11 is 1.17. The summed E-state index contributed by atoms with van der Waals surface area (Å²) in [5.74, 6) is -0.0781. The molecule has 0 aliphatic rings. The van der Waals surface area contributed by atoms with Crippen LogP contribution in [-0.2, 0) is 6.54 Å². The number of thiophene rings is 1. The number of para-hydroxylation sites is 1. The molecule has 2 heterocycles. The Labute approximate surface area is 189 Å². The highest BCUT2D eigenvalue weighted by Crippen LogP contribution is 2.27. The van der Waals surface area contributed by atoms with Crippen molar-refractivity contribution in [3.63, 3.8) is 0 Å². The topological polar surface area (TPSA) is 81.1 Å². The number of nitrogens with one attached hydrogen (secondary N) is 1. The summed E-state index contributed by atoms with van der Waals surface area (Å²) in [6.45, 7) is 5.81. The van der Waals surface area contributed by atoms with Gasteiger partial charge in [-0.25, -0.2) is 4.98 Å². The molecule has 0 atom stereocenters. The number of Topliss-reactive ketones (excluding diaryl/α,β-unsaturated/α-hetero) is 1. The second-order valence-corrected chi connectivity index (χ2v) is 8.93. The summed E-state index contributed by atoms with van der Waals surface area (Å²) in [4.78, 5) is 43.8. The molecule has 1 N–H and O–H groups in total. The highest BCUT2D eigenvalue weighted by atomic mass is 32.1. The van der Waals surface area contributed by atoms with Crippen LogP contribution in [0, 0.1) is 6.92 Å². The van der Waals surface area contributed by atoms with Crippen molar-refractivity contribution in [1.82, 2.24) is 9.55 Å². The molecule has 0 saturated carbocycles. The zero-order valence-electron chi connectivity index (χ0n) is 18.1. The van der Waals surface area contributed by atoms with Gasteiger partial charge in [0.1, 0.15) is 4.83 Å². The van der Waals surface area contributed by atoms with E-state index in [9.17, 15) is 14.4 Å². The van der Waals surface area contributed by atoms with Gasteiger partial charge in [-0.1, -0.05) is 56.3 Å². The molecule has 4 aromatic rings. The number of carbonyl (C=O) groups is 2. The molecular weight excluding hydrogens is 422 g/mol. The Bertz CT molecular complexity index is 1350. The summed E-state index contributed by atoms with van der Waals surface area (Å²) in [6.07, 6.45) is 1.37. The maximum Gasteiger partial charge on any atom is 0.266 e. The Morgan fingerprint density at radius 2 is 1.75 bits per heavy atom. The molecule has 0 spiro atoms. The van der Waals surface area contributed by atoms with Crippen LogP contribution in [0.15, 0.2) is 65.7 Å². The number of hydrogen-bond acceptors (Lipinski definition) is 5. The summed E-state index contributed by atoms with van der Waals surface area (Å²) in [7, 11) is 0. The smallest absolute Gasteiger partial charge is 0.266 e. The van der Waals surface area contributed by atoms with Gasteiger partial charge in [0.05, 0.1) is 23.1 Å². The van der Waals surface area contributed by atoms with E-state index in [1.165, 1.54) is 22.2 Å². The summed E-state index contributed by atoms with van der Waals surface area (Å²) < 4.78 is 1.31. The molecule has 0 aliphatic heterocycles. The standard InChI is InChI=1S/C25H23N3O3S/c1-15(2)17-9-11-18(12-10-17)20(29)13-28-14-26-24-21(25(28)31)16(3)22(32-24)23(30)27-19-7-5-4-6-8-19/h4-12,14-15H,13H2,1-3H3,(H,27,30). The number of rotatable bonds is 6. The van der Waals surface area contributed by atoms with Crippen LogP contribution < -0.4 is 10.9 Å². The molecule has 32 heavy (non-hydrogen) atoms. The zero-order chi connectivity index (χ0) is 22.8. The fraction of sp³-hybridized carbons (Fsp3) is 0.200. The van der Waals surface area contributed by atoms with Crippen LogP contribution in [0.2, 0.25) is 0 Å². The summed E-state index contributed by atoms with van der Waals surface area (Å²) in [5.41, 5.74) is 2.62. The SMILES string of the molecule is Cc1c(C(=O)Nc2ccccc2)sc2ncn(CC(=O)c3ccc(C(C)C)cc3)c(=O)c12. The lowest BCUT2D eigenvalue weighted by Gasteiger charge is -2.08. The monoisotopic (exact) mass is 445 g/mol. The van der Waals surface area contributed by atoms with Crippen LogP contribution in [0.3, 0.4) is 0 Å². The van der Waals surface area contributed by atoms with Gasteiger partial charge in [0.25, 0.3) is 11.5 Å². The van der Waals surface area contributed by atoms with Crippen molar-refractivity contribution in [2.75, 3.05) is 5.32 Å². The van der Waals surface area contributed by atoms with E-state index in [0.717, 1.165) is 5.56 Å². The maximum absolute atomic E-state index is 13.1. The van der Waals surface area contributed by atoms with Gasteiger partial charge < -0.3 is 5.32 Å². The number of benzene rings is 2. The Hall–Kier alpha value is -3.58. The van der Waals surface area contributed by atoms with Crippen molar-refractivity contribution in [1.29, 1.82) is 0 Å². The lowest BCUT2D eigenvalue weighted by Crippen LogP contribution is -2.24. The highest BCUT2D eigenvalue weighted by Gasteiger charge is 2.20. The van der Waals surface area contributed by atoms with Gasteiger partial charge in [0.2, 0.25) is 0 Å². The predicted octanol–water partition coefficient (Wildman–Crippen LogP) is 5.03. The van der Waals surface area contributed by atoms with Crippen LogP contribution in [0.25, 0.3) is 10.2 Å². The van der Waals surface area contributed by atoms with Crippen LogP contribution in [0.5, 0.6) is 0 Å². The molecule has 0 bridgehead atoms. The summed E-state index contributed by atoms with van der Waals surface area (Å²) in [5, 5.41) is 3.21. The second-order valence-electron chi connectivity index (χ2n) is 7.93. The average molecular weight is 446 g/mol. The van der Waals surface area contributed by atoms with Crippen LogP contribution in [0.1, 0.15) is 50.9 Å². The predicted molar refractivity (Wildman–Crippen MR) is 128 cm³/mol. The zero-order valence-corrected chi connectivity index (χ0v) is 18.9. The van der Waals surface area contributed by atoms with Gasteiger partial charge in [-0.2, -0.15) is 0 Å². The third-order valence-corrected chi connectivity index (χ3v) is 6.57. The number of nitrogens with zero attached hydrogens (tertiary/aromatic N) is 2. The molecule has 0 aliphatic carbocycles. The van der Waals surface area contributed by atoms with Crippen molar-refractivity contribution >= 4 is 38.9 Å². The van der Waals surface area contributed by atoms with E-state index in [4.69, 9.17) is 0 Å². The largest absolute Gasteiger partial charge is 0.321 e. The van der Waals surface area contributed by atoms with Gasteiger partial charge >= 0.3 is 0 Å². The van der Waals surface area contributed by atoms with Crippen molar-refractivity contribution < 1.29 is 9.59 Å². The Morgan fingerprint density at radius 3 is 2.41 bits per heavy atom. The molecule has 162 valence electrons. The van der Waals surface area contributed by atoms with Crippen molar-refractivity contribution in [3.8, 4) is 0 Å². The number of anilines is 1. The van der Waals surface area contributed by atoms with E-state index in [1.807, 2.05) is 30.3 Å². The number of amides is 1. The van der Waals surface area contributed by atoms with Crippen molar-refractivity contribution in [2.45, 2.75) is 33.2 Å². The Kier molecular flexibility index (Phi) is 6.01. The van der Waals surface area contributed by atoms with Crippen molar-refractivity contribution in [2.24, 2.45) is 0 Å². The van der Waals surface area contributed by atoms with Gasteiger partial charge in [0, 0.05) is 11.3 Å². The van der Waals surface area contributed by atoms with Crippen LogP contribution in [0.4, 0.5) is 5.69 Å². The Balaban J connectivity index is 1.61. The molecule has 0 unspecified atom stereocenters. The first-order valence-corrected chi connectivity index (χ1v) is 11.1. The van der Waals surface area contributed by atoms with E-state index in [-0.39, 0.29) is 23.8 Å². The molecule has 1 amide bonds. The first kappa shape index (κ1) is 21.6. The fourth-order valence-corrected chi connectivity index (χ4v) is 4.53. The molecule has 6 nitrogen and oxygen atoms in total. The van der Waals surface area contributed by atoms with E-state index < -0.39 is 0 Å². The van der Waals surface area contributed by atoms with Gasteiger partial charge in [-0.3, -0.25) is 19.0 Å². The third kappa shape index (κ3) is 4.24. The van der Waals surface area contributed by atoms with Gasteiger partial charge in [0.15, 0.2) is 5.78 Å². The molecule has 0 fully saturated rings. The second kappa shape index (κ2) is 8.88. The average Bonchev–Trinajstić information content (AvgIpc) is 3.13. The molecule has 4 rings (SSSR count). The minimum atomic E-state index is -0.324. The van der Waals surface area contributed by atoms with Crippen LogP contribution in [-0.4, -0.2) is 21.2 Å². The van der Waals surface area contributed by atoms with E-state index in [0.29, 0.717) is 37.8 Å². The Morgan fingerprint density at radius 1 is 1.06 bits per heavy atom. The number of fused-ring (bicyclic) bond motifs is 1. The van der Waals surface area contributed by atoms with E-state index in [2.05, 4.69) is 24.1 Å². The normalized spacial score (nSPS) is 11.1. The van der Waals surface area contributed by atoms with Gasteiger partial charge in [-0.15, -0.1) is 11.3 Å². The number of carbonyl (C=O) groups excluding carboxylic acids is 2. The summed E-state index contributed by atoms with van der Waals surface area (Å²) in [6, 6.07) is 16.6. The van der Waals surface area contributed by atoms with Crippen LogP contribution >= 0.6 is 11.3 Å². The number of aromatic nitrogens is 2. The highest BCUT2D eigenvalue weighted by molar-refractivity contribution is 7.20. The molecule has 7 heteroatoms. The van der Waals surface area contributed by atoms with E-state index in [1.54, 1.807) is 31.2 Å². The maximum atomic E-state index is 13.1. The van der Waals surface area contributed by atoms with Crippen molar-refractivity contribution in [3.05, 3.63) is 92.8 Å².